The van der Waals surface area contributed by atoms with Gasteiger partial charge in [-0.25, -0.2) is 0 Å². The van der Waals surface area contributed by atoms with E-state index in [9.17, 15) is 25.2 Å². The standard InChI is InChI=1S/C22H23NO8/c1-29-12-7-8-14-13(9-12)20(16(21(28)23-14)11-5-3-2-4-6-11)31-22-19(27)18(26)17(25)15(10-24)30-22/h2-9,15,17-19,22,24-27H,10H2,1H3,(H,23,28)/t15-,17-,18+,19-,22+/m1/s1. The third-order valence-corrected chi connectivity index (χ3v) is 5.32. The second-order valence-electron chi connectivity index (χ2n) is 7.25. The van der Waals surface area contributed by atoms with Crippen molar-refractivity contribution in [1.82, 2.24) is 4.98 Å². The highest BCUT2D eigenvalue weighted by Gasteiger charge is 2.45. The lowest BCUT2D eigenvalue weighted by atomic mass is 9.99. The lowest BCUT2D eigenvalue weighted by molar-refractivity contribution is -0.277. The number of aliphatic hydroxyl groups excluding tert-OH is 4. The van der Waals surface area contributed by atoms with Gasteiger partial charge in [-0.2, -0.15) is 0 Å². The lowest BCUT2D eigenvalue weighted by Crippen LogP contribution is -2.60. The summed E-state index contributed by atoms with van der Waals surface area (Å²) in [6.45, 7) is -0.597. The summed E-state index contributed by atoms with van der Waals surface area (Å²) in [5, 5.41) is 40.5. The molecule has 0 radical (unpaired) electrons. The van der Waals surface area contributed by atoms with Crippen LogP contribution in [0.5, 0.6) is 11.5 Å². The minimum Gasteiger partial charge on any atom is -0.497 e. The molecule has 9 nitrogen and oxygen atoms in total. The van der Waals surface area contributed by atoms with E-state index in [1.807, 2.05) is 0 Å². The molecular formula is C22H23NO8. The molecule has 0 bridgehead atoms. The maximum atomic E-state index is 13.0. The molecule has 1 saturated heterocycles. The summed E-state index contributed by atoms with van der Waals surface area (Å²) in [6.07, 6.45) is -7.36. The monoisotopic (exact) mass is 429 g/mol. The molecule has 1 aliphatic heterocycles. The van der Waals surface area contributed by atoms with Crippen LogP contribution in [0.1, 0.15) is 0 Å². The molecule has 1 aliphatic rings. The zero-order valence-corrected chi connectivity index (χ0v) is 16.6. The Morgan fingerprint density at radius 1 is 1.03 bits per heavy atom. The van der Waals surface area contributed by atoms with E-state index >= 15 is 0 Å². The van der Waals surface area contributed by atoms with Gasteiger partial charge in [0, 0.05) is 5.39 Å². The topological polar surface area (TPSA) is 141 Å². The van der Waals surface area contributed by atoms with E-state index in [0.29, 0.717) is 22.2 Å². The van der Waals surface area contributed by atoms with Crippen LogP contribution in [0.4, 0.5) is 0 Å². The maximum absolute atomic E-state index is 13.0. The average molecular weight is 429 g/mol. The van der Waals surface area contributed by atoms with Gasteiger partial charge in [-0.15, -0.1) is 0 Å². The summed E-state index contributed by atoms with van der Waals surface area (Å²) in [4.78, 5) is 15.8. The molecule has 0 unspecified atom stereocenters. The summed E-state index contributed by atoms with van der Waals surface area (Å²) in [5.74, 6) is 0.616. The average Bonchev–Trinajstić information content (AvgIpc) is 2.79. The molecule has 4 rings (SSSR count). The number of H-pyrrole nitrogens is 1. The Morgan fingerprint density at radius 3 is 2.45 bits per heavy atom. The Hall–Kier alpha value is -2.95. The Labute approximate surface area is 177 Å². The lowest BCUT2D eigenvalue weighted by Gasteiger charge is -2.39. The number of aromatic amines is 1. The van der Waals surface area contributed by atoms with Crippen LogP contribution in [0.2, 0.25) is 0 Å². The molecule has 9 heteroatoms. The largest absolute Gasteiger partial charge is 0.497 e. The van der Waals surface area contributed by atoms with Gasteiger partial charge >= 0.3 is 0 Å². The minimum absolute atomic E-state index is 0.105. The van der Waals surface area contributed by atoms with Crippen LogP contribution in [0.25, 0.3) is 22.0 Å². The molecule has 1 aromatic heterocycles. The van der Waals surface area contributed by atoms with Crippen molar-refractivity contribution >= 4 is 10.9 Å². The van der Waals surface area contributed by atoms with Crippen LogP contribution in [-0.4, -0.2) is 69.8 Å². The fourth-order valence-electron chi connectivity index (χ4n) is 3.64. The van der Waals surface area contributed by atoms with Crippen molar-refractivity contribution in [2.75, 3.05) is 13.7 Å². The summed E-state index contributed by atoms with van der Waals surface area (Å²) >= 11 is 0. The quantitative estimate of drug-likeness (QED) is 0.392. The Balaban J connectivity index is 1.89. The maximum Gasteiger partial charge on any atom is 0.260 e. The molecule has 0 saturated carbocycles. The highest BCUT2D eigenvalue weighted by Crippen LogP contribution is 2.37. The Kier molecular flexibility index (Phi) is 5.94. The first-order valence-electron chi connectivity index (χ1n) is 9.71. The van der Waals surface area contributed by atoms with Gasteiger partial charge in [0.25, 0.3) is 5.56 Å². The Morgan fingerprint density at radius 2 is 1.77 bits per heavy atom. The van der Waals surface area contributed by atoms with Gasteiger partial charge in [0.05, 0.1) is 24.8 Å². The first-order chi connectivity index (χ1) is 14.9. The normalized spacial score (nSPS) is 26.0. The predicted molar refractivity (Wildman–Crippen MR) is 111 cm³/mol. The third kappa shape index (κ3) is 3.89. The molecule has 1 fully saturated rings. The molecule has 164 valence electrons. The van der Waals surface area contributed by atoms with Crippen LogP contribution in [0, 0.1) is 0 Å². The van der Waals surface area contributed by atoms with Gasteiger partial charge in [0.2, 0.25) is 6.29 Å². The summed E-state index contributed by atoms with van der Waals surface area (Å²) < 4.78 is 16.8. The zero-order valence-electron chi connectivity index (χ0n) is 16.6. The zero-order chi connectivity index (χ0) is 22.1. The van der Waals surface area contributed by atoms with Crippen molar-refractivity contribution in [3.63, 3.8) is 0 Å². The second-order valence-corrected chi connectivity index (χ2v) is 7.25. The number of hydrogen-bond donors (Lipinski definition) is 5. The molecule has 2 heterocycles. The van der Waals surface area contributed by atoms with E-state index in [1.54, 1.807) is 48.5 Å². The van der Waals surface area contributed by atoms with Crippen molar-refractivity contribution in [2.45, 2.75) is 30.7 Å². The Bertz CT molecular complexity index is 1110. The summed E-state index contributed by atoms with van der Waals surface area (Å²) in [7, 11) is 1.50. The molecule has 5 N–H and O–H groups in total. The van der Waals surface area contributed by atoms with E-state index in [2.05, 4.69) is 4.98 Å². The number of aliphatic hydroxyl groups is 4. The minimum atomic E-state index is -1.62. The third-order valence-electron chi connectivity index (χ3n) is 5.32. The van der Waals surface area contributed by atoms with Crippen molar-refractivity contribution in [3.05, 3.63) is 58.9 Å². The molecule has 5 atom stereocenters. The number of methoxy groups -OCH3 is 1. The predicted octanol–water partition coefficient (Wildman–Crippen LogP) is 0.382. The van der Waals surface area contributed by atoms with Gasteiger partial charge in [-0.05, 0) is 23.8 Å². The van der Waals surface area contributed by atoms with Crippen LogP contribution >= 0.6 is 0 Å². The van der Waals surface area contributed by atoms with E-state index in [0.717, 1.165) is 0 Å². The number of fused-ring (bicyclic) bond motifs is 1. The van der Waals surface area contributed by atoms with E-state index in [1.165, 1.54) is 7.11 Å². The fraction of sp³-hybridized carbons (Fsp3) is 0.318. The number of rotatable bonds is 5. The number of nitrogens with one attached hydrogen (secondary N) is 1. The summed E-state index contributed by atoms with van der Waals surface area (Å²) in [6, 6.07) is 13.8. The number of hydrogen-bond acceptors (Lipinski definition) is 8. The number of ether oxygens (including phenoxy) is 3. The summed E-state index contributed by atoms with van der Waals surface area (Å²) in [5.41, 5.74) is 0.792. The first kappa shape index (κ1) is 21.3. The van der Waals surface area contributed by atoms with Gasteiger partial charge in [0.1, 0.15) is 35.9 Å². The van der Waals surface area contributed by atoms with Crippen molar-refractivity contribution < 1.29 is 34.6 Å². The highest BCUT2D eigenvalue weighted by atomic mass is 16.7. The van der Waals surface area contributed by atoms with Gasteiger partial charge in [0.15, 0.2) is 0 Å². The molecule has 2 aromatic carbocycles. The van der Waals surface area contributed by atoms with Crippen LogP contribution in [0.3, 0.4) is 0 Å². The van der Waals surface area contributed by atoms with E-state index in [4.69, 9.17) is 14.2 Å². The second kappa shape index (κ2) is 8.66. The van der Waals surface area contributed by atoms with Gasteiger partial charge < -0.3 is 39.6 Å². The number of benzene rings is 2. The number of aromatic nitrogens is 1. The van der Waals surface area contributed by atoms with Crippen LogP contribution < -0.4 is 15.0 Å². The van der Waals surface area contributed by atoms with Crippen LogP contribution in [0.15, 0.2) is 53.3 Å². The number of pyridine rings is 1. The van der Waals surface area contributed by atoms with Crippen molar-refractivity contribution in [3.8, 4) is 22.6 Å². The molecular weight excluding hydrogens is 406 g/mol. The van der Waals surface area contributed by atoms with Crippen molar-refractivity contribution in [2.24, 2.45) is 0 Å². The molecule has 0 amide bonds. The smallest absolute Gasteiger partial charge is 0.260 e. The molecule has 31 heavy (non-hydrogen) atoms. The SMILES string of the molecule is COc1ccc2[nH]c(=O)c(-c3ccccc3)c(O[C@@H]3O[C@H](CO)[C@@H](O)[C@H](O)[C@H]3O)c2c1. The molecule has 3 aromatic rings. The van der Waals surface area contributed by atoms with E-state index < -0.39 is 42.9 Å². The van der Waals surface area contributed by atoms with Gasteiger partial charge in [-0.3, -0.25) is 4.79 Å². The van der Waals surface area contributed by atoms with Gasteiger partial charge in [-0.1, -0.05) is 30.3 Å². The molecule has 0 spiro atoms. The van der Waals surface area contributed by atoms with Crippen LogP contribution in [-0.2, 0) is 4.74 Å². The molecule has 0 aliphatic carbocycles. The first-order valence-corrected chi connectivity index (χ1v) is 9.71. The highest BCUT2D eigenvalue weighted by molar-refractivity contribution is 5.93. The van der Waals surface area contributed by atoms with E-state index in [-0.39, 0.29) is 11.3 Å². The fourth-order valence-corrected chi connectivity index (χ4v) is 3.64. The van der Waals surface area contributed by atoms with Crippen molar-refractivity contribution in [1.29, 1.82) is 0 Å².